The Balaban J connectivity index is 1.99. The molecule has 2 aromatic heterocycles. The minimum atomic E-state index is -0.423. The number of anilines is 3. The average molecular weight is 281 g/mol. The third kappa shape index (κ3) is 2.69. The topological polar surface area (TPSA) is 73.9 Å². The largest absolute Gasteiger partial charge is 0.378 e. The summed E-state index contributed by atoms with van der Waals surface area (Å²) < 4.78 is 0. The van der Waals surface area contributed by atoms with Crippen molar-refractivity contribution in [2.24, 2.45) is 0 Å². The maximum absolute atomic E-state index is 11.6. The molecule has 0 radical (unpaired) electrons. The van der Waals surface area contributed by atoms with Crippen LogP contribution in [0.15, 0.2) is 47.4 Å². The summed E-state index contributed by atoms with van der Waals surface area (Å²) in [6, 6.07) is 11.6. The van der Waals surface area contributed by atoms with Gasteiger partial charge in [-0.05, 0) is 36.4 Å². The van der Waals surface area contributed by atoms with Gasteiger partial charge in [0.25, 0.3) is 0 Å². The predicted molar refractivity (Wildman–Crippen MR) is 84.2 cm³/mol. The first-order valence-corrected chi connectivity index (χ1v) is 6.53. The average Bonchev–Trinajstić information content (AvgIpc) is 2.47. The van der Waals surface area contributed by atoms with Crippen LogP contribution in [0.5, 0.6) is 0 Å². The monoisotopic (exact) mass is 281 g/mol. The van der Waals surface area contributed by atoms with E-state index in [1.165, 1.54) is 0 Å². The van der Waals surface area contributed by atoms with Crippen LogP contribution in [0.2, 0.25) is 0 Å². The minimum absolute atomic E-state index is 0.423. The Labute approximate surface area is 121 Å². The zero-order valence-corrected chi connectivity index (χ0v) is 11.8. The normalized spacial score (nSPS) is 10.6. The van der Waals surface area contributed by atoms with Crippen molar-refractivity contribution in [3.05, 3.63) is 53.1 Å². The number of fused-ring (bicyclic) bond motifs is 1. The van der Waals surface area contributed by atoms with Crippen molar-refractivity contribution >= 4 is 28.2 Å². The molecule has 0 spiro atoms. The highest BCUT2D eigenvalue weighted by atomic mass is 16.1. The van der Waals surface area contributed by atoms with Crippen LogP contribution in [0.4, 0.5) is 17.2 Å². The minimum Gasteiger partial charge on any atom is -0.378 e. The Kier molecular flexibility index (Phi) is 3.27. The van der Waals surface area contributed by atoms with E-state index < -0.39 is 5.69 Å². The summed E-state index contributed by atoms with van der Waals surface area (Å²) in [6.07, 6.45) is 1.62. The quantitative estimate of drug-likeness (QED) is 0.769. The van der Waals surface area contributed by atoms with Crippen LogP contribution in [0, 0.1) is 0 Å². The van der Waals surface area contributed by atoms with Crippen LogP contribution >= 0.6 is 0 Å². The van der Waals surface area contributed by atoms with Gasteiger partial charge in [-0.2, -0.15) is 4.98 Å². The molecule has 0 unspecified atom stereocenters. The van der Waals surface area contributed by atoms with Gasteiger partial charge in [0, 0.05) is 31.7 Å². The van der Waals surface area contributed by atoms with E-state index in [1.54, 1.807) is 6.20 Å². The molecule has 3 rings (SSSR count). The molecule has 6 nitrogen and oxygen atoms in total. The SMILES string of the molecule is CN(C)c1ccc(Nc2[nH]c(=O)nc3ncccc23)cc1. The molecule has 6 heteroatoms. The fourth-order valence-corrected chi connectivity index (χ4v) is 2.07. The molecule has 2 heterocycles. The van der Waals surface area contributed by atoms with Crippen molar-refractivity contribution in [1.82, 2.24) is 15.0 Å². The molecule has 3 aromatic rings. The van der Waals surface area contributed by atoms with Gasteiger partial charge in [-0.1, -0.05) is 0 Å². The standard InChI is InChI=1S/C15H15N5O/c1-20(2)11-7-5-10(6-8-11)17-14-12-4-3-9-16-13(12)18-15(21)19-14/h3-9H,1-2H3,(H2,16,17,18,19,21). The number of rotatable bonds is 3. The highest BCUT2D eigenvalue weighted by molar-refractivity contribution is 5.88. The molecule has 0 aliphatic rings. The first-order chi connectivity index (χ1) is 10.1. The van der Waals surface area contributed by atoms with Crippen molar-refractivity contribution in [3.8, 4) is 0 Å². The molecule has 1 aromatic carbocycles. The zero-order valence-electron chi connectivity index (χ0n) is 11.8. The number of H-pyrrole nitrogens is 1. The smallest absolute Gasteiger partial charge is 0.348 e. The Morgan fingerprint density at radius 1 is 1.14 bits per heavy atom. The molecule has 2 N–H and O–H groups in total. The first-order valence-electron chi connectivity index (χ1n) is 6.53. The molecule has 0 atom stereocenters. The van der Waals surface area contributed by atoms with E-state index in [0.29, 0.717) is 11.5 Å². The Morgan fingerprint density at radius 2 is 1.90 bits per heavy atom. The maximum atomic E-state index is 11.6. The van der Waals surface area contributed by atoms with E-state index in [2.05, 4.69) is 20.3 Å². The summed E-state index contributed by atoms with van der Waals surface area (Å²) in [5.74, 6) is 0.593. The third-order valence-electron chi connectivity index (χ3n) is 3.15. The lowest BCUT2D eigenvalue weighted by Gasteiger charge is -2.13. The fourth-order valence-electron chi connectivity index (χ4n) is 2.07. The van der Waals surface area contributed by atoms with Crippen LogP contribution in [0.25, 0.3) is 11.0 Å². The van der Waals surface area contributed by atoms with Crippen LogP contribution in [-0.2, 0) is 0 Å². The molecule has 106 valence electrons. The number of nitrogens with zero attached hydrogens (tertiary/aromatic N) is 3. The van der Waals surface area contributed by atoms with Crippen molar-refractivity contribution in [3.63, 3.8) is 0 Å². The summed E-state index contributed by atoms with van der Waals surface area (Å²) in [7, 11) is 3.98. The number of nitrogens with one attached hydrogen (secondary N) is 2. The van der Waals surface area contributed by atoms with E-state index in [-0.39, 0.29) is 0 Å². The van der Waals surface area contributed by atoms with Gasteiger partial charge in [-0.3, -0.25) is 4.98 Å². The van der Waals surface area contributed by atoms with Gasteiger partial charge in [-0.25, -0.2) is 9.78 Å². The fraction of sp³-hybridized carbons (Fsp3) is 0.133. The number of aromatic nitrogens is 3. The van der Waals surface area contributed by atoms with Crippen LogP contribution in [0.3, 0.4) is 0 Å². The van der Waals surface area contributed by atoms with Gasteiger partial charge in [0.2, 0.25) is 0 Å². The Hall–Kier alpha value is -2.89. The van der Waals surface area contributed by atoms with Crippen LogP contribution in [-0.4, -0.2) is 29.0 Å². The summed E-state index contributed by atoms with van der Waals surface area (Å²) in [5.41, 5.74) is 1.99. The lowest BCUT2D eigenvalue weighted by Crippen LogP contribution is -2.13. The summed E-state index contributed by atoms with van der Waals surface area (Å²) in [4.78, 5) is 24.3. The molecule has 0 amide bonds. The molecule has 0 bridgehead atoms. The van der Waals surface area contributed by atoms with Gasteiger partial charge >= 0.3 is 5.69 Å². The highest BCUT2D eigenvalue weighted by Gasteiger charge is 2.05. The predicted octanol–water partition coefficient (Wildman–Crippen LogP) is 2.13. The van der Waals surface area contributed by atoms with E-state index in [4.69, 9.17) is 0 Å². The summed E-state index contributed by atoms with van der Waals surface area (Å²) >= 11 is 0. The van der Waals surface area contributed by atoms with Crippen LogP contribution in [0.1, 0.15) is 0 Å². The molecular weight excluding hydrogens is 266 g/mol. The van der Waals surface area contributed by atoms with E-state index in [1.807, 2.05) is 55.4 Å². The van der Waals surface area contributed by atoms with Gasteiger partial charge in [0.15, 0.2) is 5.65 Å². The van der Waals surface area contributed by atoms with Gasteiger partial charge in [0.05, 0.1) is 5.39 Å². The van der Waals surface area contributed by atoms with Crippen molar-refractivity contribution in [1.29, 1.82) is 0 Å². The van der Waals surface area contributed by atoms with E-state index in [9.17, 15) is 4.79 Å². The number of hydrogen-bond donors (Lipinski definition) is 2. The number of aromatic amines is 1. The van der Waals surface area contributed by atoms with E-state index in [0.717, 1.165) is 16.8 Å². The Morgan fingerprint density at radius 3 is 2.62 bits per heavy atom. The first kappa shape index (κ1) is 13.1. The molecule has 0 aliphatic carbocycles. The van der Waals surface area contributed by atoms with Crippen molar-refractivity contribution < 1.29 is 0 Å². The molecular formula is C15H15N5O. The summed E-state index contributed by atoms with van der Waals surface area (Å²) in [5, 5.41) is 3.97. The molecule has 0 saturated heterocycles. The van der Waals surface area contributed by atoms with Crippen LogP contribution < -0.4 is 15.9 Å². The van der Waals surface area contributed by atoms with Crippen molar-refractivity contribution in [2.75, 3.05) is 24.3 Å². The van der Waals surface area contributed by atoms with E-state index >= 15 is 0 Å². The highest BCUT2D eigenvalue weighted by Crippen LogP contribution is 2.22. The van der Waals surface area contributed by atoms with Gasteiger partial charge in [-0.15, -0.1) is 0 Å². The number of pyridine rings is 1. The molecule has 0 aliphatic heterocycles. The number of hydrogen-bond acceptors (Lipinski definition) is 5. The zero-order chi connectivity index (χ0) is 14.8. The molecule has 21 heavy (non-hydrogen) atoms. The number of benzene rings is 1. The molecule has 0 saturated carbocycles. The summed E-state index contributed by atoms with van der Waals surface area (Å²) in [6.45, 7) is 0. The van der Waals surface area contributed by atoms with Gasteiger partial charge in [0.1, 0.15) is 5.82 Å². The molecule has 0 fully saturated rings. The second-order valence-corrected chi connectivity index (χ2v) is 4.86. The lowest BCUT2D eigenvalue weighted by molar-refractivity contribution is 1.10. The van der Waals surface area contributed by atoms with Crippen molar-refractivity contribution in [2.45, 2.75) is 0 Å². The second-order valence-electron chi connectivity index (χ2n) is 4.86. The Bertz CT molecular complexity index is 823. The van der Waals surface area contributed by atoms with Gasteiger partial charge < -0.3 is 10.2 Å². The lowest BCUT2D eigenvalue weighted by atomic mass is 10.2. The third-order valence-corrected chi connectivity index (χ3v) is 3.15. The second kappa shape index (κ2) is 5.24. The maximum Gasteiger partial charge on any atom is 0.348 e.